The molecule has 0 saturated carbocycles. The summed E-state index contributed by atoms with van der Waals surface area (Å²) in [6, 6.07) is 12.1. The first kappa shape index (κ1) is 14.4. The quantitative estimate of drug-likeness (QED) is 0.859. The zero-order chi connectivity index (χ0) is 16.0. The van der Waals surface area contributed by atoms with Gasteiger partial charge in [0.1, 0.15) is 19.3 Å². The summed E-state index contributed by atoms with van der Waals surface area (Å²) in [5.41, 5.74) is 7.73. The first-order valence-corrected chi connectivity index (χ1v) is 7.77. The SMILES string of the molecule is N[C@H]1C(=O)N(c2ccc3c(c2)OCCO3)[C@H]1c1ccc(Cl)cc1. The summed E-state index contributed by atoms with van der Waals surface area (Å²) in [6.07, 6.45) is 0. The highest BCUT2D eigenvalue weighted by Crippen LogP contribution is 2.42. The number of benzene rings is 2. The molecule has 2 aliphatic heterocycles. The van der Waals surface area contributed by atoms with Gasteiger partial charge in [0.05, 0.1) is 6.04 Å². The molecular weight excluding hydrogens is 316 g/mol. The minimum absolute atomic E-state index is 0.110. The lowest BCUT2D eigenvalue weighted by atomic mass is 9.88. The second kappa shape index (κ2) is 5.44. The van der Waals surface area contributed by atoms with Gasteiger partial charge in [-0.1, -0.05) is 23.7 Å². The van der Waals surface area contributed by atoms with E-state index in [1.807, 2.05) is 30.3 Å². The van der Waals surface area contributed by atoms with Crippen molar-refractivity contribution < 1.29 is 14.3 Å². The molecule has 1 amide bonds. The number of rotatable bonds is 2. The van der Waals surface area contributed by atoms with Crippen LogP contribution in [0.2, 0.25) is 5.02 Å². The molecule has 2 N–H and O–H groups in total. The third-order valence-electron chi connectivity index (χ3n) is 4.16. The van der Waals surface area contributed by atoms with Crippen LogP contribution in [-0.4, -0.2) is 25.2 Å². The topological polar surface area (TPSA) is 64.8 Å². The molecule has 0 bridgehead atoms. The van der Waals surface area contributed by atoms with Gasteiger partial charge in [-0.05, 0) is 29.8 Å². The molecule has 0 aliphatic carbocycles. The second-order valence-electron chi connectivity index (χ2n) is 5.56. The molecule has 0 aromatic heterocycles. The Morgan fingerprint density at radius 1 is 1.04 bits per heavy atom. The van der Waals surface area contributed by atoms with Crippen LogP contribution in [0.5, 0.6) is 11.5 Å². The Morgan fingerprint density at radius 3 is 2.48 bits per heavy atom. The van der Waals surface area contributed by atoms with Crippen LogP contribution in [0.25, 0.3) is 0 Å². The van der Waals surface area contributed by atoms with E-state index in [9.17, 15) is 4.79 Å². The van der Waals surface area contributed by atoms with E-state index in [1.54, 1.807) is 17.0 Å². The molecule has 2 aliphatic rings. The summed E-state index contributed by atoms with van der Waals surface area (Å²) in [5.74, 6) is 1.24. The van der Waals surface area contributed by atoms with Crippen LogP contribution in [0.3, 0.4) is 0 Å². The summed E-state index contributed by atoms with van der Waals surface area (Å²) < 4.78 is 11.1. The number of β-lactam (4-membered cyclic amide) rings is 1. The Hall–Kier alpha value is -2.24. The van der Waals surface area contributed by atoms with Crippen molar-refractivity contribution in [2.24, 2.45) is 5.73 Å². The monoisotopic (exact) mass is 330 g/mol. The van der Waals surface area contributed by atoms with E-state index in [0.717, 1.165) is 11.3 Å². The lowest BCUT2D eigenvalue weighted by Gasteiger charge is -2.45. The number of carbonyl (C=O) groups excluding carboxylic acids is 1. The number of hydrogen-bond acceptors (Lipinski definition) is 4. The second-order valence-corrected chi connectivity index (χ2v) is 5.99. The van der Waals surface area contributed by atoms with Gasteiger partial charge in [0.15, 0.2) is 11.5 Å². The van der Waals surface area contributed by atoms with Crippen molar-refractivity contribution in [1.29, 1.82) is 0 Å². The van der Waals surface area contributed by atoms with Gasteiger partial charge >= 0.3 is 0 Å². The van der Waals surface area contributed by atoms with Crippen molar-refractivity contribution in [2.75, 3.05) is 18.1 Å². The molecule has 118 valence electrons. The minimum atomic E-state index is -0.552. The van der Waals surface area contributed by atoms with Gasteiger partial charge in [-0.2, -0.15) is 0 Å². The van der Waals surface area contributed by atoms with Crippen LogP contribution < -0.4 is 20.1 Å². The highest BCUT2D eigenvalue weighted by atomic mass is 35.5. The van der Waals surface area contributed by atoms with Crippen molar-refractivity contribution in [3.8, 4) is 11.5 Å². The first-order chi connectivity index (χ1) is 11.1. The Kier molecular flexibility index (Phi) is 3.39. The van der Waals surface area contributed by atoms with Gasteiger partial charge in [-0.3, -0.25) is 4.79 Å². The highest BCUT2D eigenvalue weighted by molar-refractivity contribution is 6.30. The Bertz CT molecular complexity index is 763. The Balaban J connectivity index is 1.69. The molecule has 1 fully saturated rings. The summed E-state index contributed by atoms with van der Waals surface area (Å²) in [7, 11) is 0. The van der Waals surface area contributed by atoms with Gasteiger partial charge in [-0.25, -0.2) is 0 Å². The number of halogens is 1. The van der Waals surface area contributed by atoms with Crippen molar-refractivity contribution in [3.05, 3.63) is 53.1 Å². The molecular formula is C17H15ClN2O3. The van der Waals surface area contributed by atoms with Gasteiger partial charge in [-0.15, -0.1) is 0 Å². The first-order valence-electron chi connectivity index (χ1n) is 7.39. The fraction of sp³-hybridized carbons (Fsp3) is 0.235. The van der Waals surface area contributed by atoms with Crippen LogP contribution in [0.1, 0.15) is 11.6 Å². The minimum Gasteiger partial charge on any atom is -0.486 e. The zero-order valence-corrected chi connectivity index (χ0v) is 13.0. The highest BCUT2D eigenvalue weighted by Gasteiger charge is 2.46. The number of amides is 1. The number of anilines is 1. The smallest absolute Gasteiger partial charge is 0.247 e. The van der Waals surface area contributed by atoms with E-state index >= 15 is 0 Å². The molecule has 23 heavy (non-hydrogen) atoms. The van der Waals surface area contributed by atoms with Crippen molar-refractivity contribution in [2.45, 2.75) is 12.1 Å². The average Bonchev–Trinajstić information content (AvgIpc) is 2.59. The van der Waals surface area contributed by atoms with Crippen molar-refractivity contribution in [3.63, 3.8) is 0 Å². The van der Waals surface area contributed by atoms with Crippen LogP contribution in [0, 0.1) is 0 Å². The average molecular weight is 331 g/mol. The summed E-state index contributed by atoms with van der Waals surface area (Å²) in [5, 5.41) is 0.652. The lowest BCUT2D eigenvalue weighted by molar-refractivity contribution is -0.126. The molecule has 0 spiro atoms. The van der Waals surface area contributed by atoms with Crippen molar-refractivity contribution >= 4 is 23.2 Å². The van der Waals surface area contributed by atoms with Crippen LogP contribution in [0.15, 0.2) is 42.5 Å². The number of fused-ring (bicyclic) bond motifs is 1. The summed E-state index contributed by atoms with van der Waals surface area (Å²) in [6.45, 7) is 1.04. The molecule has 0 radical (unpaired) electrons. The number of nitrogens with two attached hydrogens (primary N) is 1. The van der Waals surface area contributed by atoms with Gasteiger partial charge in [0.25, 0.3) is 0 Å². The third kappa shape index (κ3) is 2.33. The predicted molar refractivity (Wildman–Crippen MR) is 87.1 cm³/mol. The molecule has 0 unspecified atom stereocenters. The maximum Gasteiger partial charge on any atom is 0.247 e. The zero-order valence-electron chi connectivity index (χ0n) is 12.2. The number of hydrogen-bond donors (Lipinski definition) is 1. The normalized spacial score (nSPS) is 22.7. The third-order valence-corrected chi connectivity index (χ3v) is 4.41. The summed E-state index contributed by atoms with van der Waals surface area (Å²) in [4.78, 5) is 14.0. The molecule has 2 atom stereocenters. The number of carbonyl (C=O) groups is 1. The van der Waals surface area contributed by atoms with E-state index < -0.39 is 6.04 Å². The predicted octanol–water partition coefficient (Wildman–Crippen LogP) is 2.53. The molecule has 2 aromatic rings. The molecule has 6 heteroatoms. The van der Waals surface area contributed by atoms with E-state index in [0.29, 0.717) is 29.7 Å². The van der Waals surface area contributed by atoms with Crippen LogP contribution >= 0.6 is 11.6 Å². The lowest BCUT2D eigenvalue weighted by Crippen LogP contribution is -2.63. The number of nitrogens with zero attached hydrogens (tertiary/aromatic N) is 1. The van der Waals surface area contributed by atoms with Gasteiger partial charge in [0.2, 0.25) is 5.91 Å². The largest absolute Gasteiger partial charge is 0.486 e. The summed E-state index contributed by atoms with van der Waals surface area (Å²) >= 11 is 5.93. The van der Waals surface area contributed by atoms with E-state index in [2.05, 4.69) is 0 Å². The van der Waals surface area contributed by atoms with Gasteiger partial charge in [0, 0.05) is 16.8 Å². The van der Waals surface area contributed by atoms with Crippen LogP contribution in [0.4, 0.5) is 5.69 Å². The van der Waals surface area contributed by atoms with E-state index in [-0.39, 0.29) is 11.9 Å². The fourth-order valence-electron chi connectivity index (χ4n) is 3.00. The molecule has 5 nitrogen and oxygen atoms in total. The van der Waals surface area contributed by atoms with Gasteiger partial charge < -0.3 is 20.1 Å². The maximum atomic E-state index is 12.3. The molecule has 2 aromatic carbocycles. The van der Waals surface area contributed by atoms with E-state index in [4.69, 9.17) is 26.8 Å². The molecule has 1 saturated heterocycles. The number of ether oxygens (including phenoxy) is 2. The standard InChI is InChI=1S/C17H15ClN2O3/c18-11-3-1-10(2-4-11)16-15(19)17(21)20(16)12-5-6-13-14(9-12)23-8-7-22-13/h1-6,9,15-16H,7-8,19H2/t15-,16+/m1/s1. The van der Waals surface area contributed by atoms with Crippen LogP contribution in [-0.2, 0) is 4.79 Å². The van der Waals surface area contributed by atoms with Crippen molar-refractivity contribution in [1.82, 2.24) is 0 Å². The maximum absolute atomic E-state index is 12.3. The molecule has 2 heterocycles. The fourth-order valence-corrected chi connectivity index (χ4v) is 3.12. The molecule has 4 rings (SSSR count). The Morgan fingerprint density at radius 2 is 1.74 bits per heavy atom. The van der Waals surface area contributed by atoms with E-state index in [1.165, 1.54) is 0 Å². The Labute approximate surface area is 138 Å².